The Morgan fingerprint density at radius 2 is 2.15 bits per heavy atom. The van der Waals surface area contributed by atoms with Crippen LogP contribution in [0.25, 0.3) is 0 Å². The van der Waals surface area contributed by atoms with Crippen LogP contribution in [-0.4, -0.2) is 44.0 Å². The number of hydrogen-bond donors (Lipinski definition) is 1. The number of rotatable bonds is 4. The highest BCUT2D eigenvalue weighted by Gasteiger charge is 2.31. The summed E-state index contributed by atoms with van der Waals surface area (Å²) in [5.74, 6) is -1.22. The first-order valence-corrected chi connectivity index (χ1v) is 6.36. The fraction of sp³-hybridized carbons (Fsp3) is 0.429. The molecule has 1 heterocycles. The number of carbonyl (C=O) groups excluding carboxylic acids is 2. The first-order valence-electron chi connectivity index (χ1n) is 6.36. The summed E-state index contributed by atoms with van der Waals surface area (Å²) in [6.45, 7) is 1.89. The highest BCUT2D eigenvalue weighted by Crippen LogP contribution is 2.20. The quantitative estimate of drug-likeness (QED) is 0.828. The van der Waals surface area contributed by atoms with Crippen molar-refractivity contribution in [2.75, 3.05) is 27.2 Å². The summed E-state index contributed by atoms with van der Waals surface area (Å²) in [4.78, 5) is 24.7. The van der Waals surface area contributed by atoms with Gasteiger partial charge in [0.2, 0.25) is 5.91 Å². The van der Waals surface area contributed by atoms with E-state index >= 15 is 0 Å². The second-order valence-corrected chi connectivity index (χ2v) is 4.81. The van der Waals surface area contributed by atoms with Crippen LogP contribution in [0.1, 0.15) is 15.9 Å². The third-order valence-corrected chi connectivity index (χ3v) is 3.42. The zero-order valence-electron chi connectivity index (χ0n) is 11.5. The minimum absolute atomic E-state index is 0.0131. The maximum atomic E-state index is 13.7. The third-order valence-electron chi connectivity index (χ3n) is 3.42. The zero-order valence-corrected chi connectivity index (χ0v) is 11.5. The minimum Gasteiger partial charge on any atom is -0.465 e. The number of esters is 1. The van der Waals surface area contributed by atoms with Gasteiger partial charge < -0.3 is 10.1 Å². The molecule has 1 aromatic carbocycles. The molecule has 1 aliphatic heterocycles. The summed E-state index contributed by atoms with van der Waals surface area (Å²) in [6, 6.07) is 4.45. The predicted octanol–water partition coefficient (Wildman–Crippen LogP) is 0.790. The zero-order chi connectivity index (χ0) is 14.7. The van der Waals surface area contributed by atoms with Gasteiger partial charge in [-0.25, -0.2) is 9.18 Å². The van der Waals surface area contributed by atoms with Gasteiger partial charge in [-0.05, 0) is 17.7 Å². The normalized spacial score (nSPS) is 15.6. The van der Waals surface area contributed by atoms with Gasteiger partial charge in [0.25, 0.3) is 0 Å². The molecule has 1 N–H and O–H groups in total. The standard InChI is InChI=1S/C14H17FN2O3/c1-16-13(18)10-7-17(8-10)6-9-3-4-11(12(15)5-9)14(19)20-2/h3-5,10H,6-8H2,1-2H3,(H,16,18). The van der Waals surface area contributed by atoms with Crippen LogP contribution in [0, 0.1) is 11.7 Å². The Morgan fingerprint density at radius 3 is 2.70 bits per heavy atom. The third kappa shape index (κ3) is 2.96. The Balaban J connectivity index is 1.94. The van der Waals surface area contributed by atoms with Crippen LogP contribution >= 0.6 is 0 Å². The van der Waals surface area contributed by atoms with E-state index in [0.29, 0.717) is 19.6 Å². The van der Waals surface area contributed by atoms with Crippen LogP contribution in [0.3, 0.4) is 0 Å². The van der Waals surface area contributed by atoms with Crippen LogP contribution in [0.5, 0.6) is 0 Å². The van der Waals surface area contributed by atoms with Gasteiger partial charge in [-0.1, -0.05) is 6.07 Å². The van der Waals surface area contributed by atoms with Crippen LogP contribution < -0.4 is 5.32 Å². The molecular weight excluding hydrogens is 263 g/mol. The van der Waals surface area contributed by atoms with Gasteiger partial charge in [0, 0.05) is 26.7 Å². The molecule has 5 nitrogen and oxygen atoms in total. The highest BCUT2D eigenvalue weighted by atomic mass is 19.1. The largest absolute Gasteiger partial charge is 0.465 e. The molecule has 1 aromatic rings. The van der Waals surface area contributed by atoms with Gasteiger partial charge in [-0.15, -0.1) is 0 Å². The topological polar surface area (TPSA) is 58.6 Å². The van der Waals surface area contributed by atoms with E-state index in [1.54, 1.807) is 13.1 Å². The number of methoxy groups -OCH3 is 1. The molecule has 0 unspecified atom stereocenters. The SMILES string of the molecule is CNC(=O)C1CN(Cc2ccc(C(=O)OC)c(F)c2)C1. The molecule has 20 heavy (non-hydrogen) atoms. The van der Waals surface area contributed by atoms with Crippen molar-refractivity contribution in [2.24, 2.45) is 5.92 Å². The number of halogens is 1. The van der Waals surface area contributed by atoms with Gasteiger partial charge in [-0.2, -0.15) is 0 Å². The Morgan fingerprint density at radius 1 is 1.45 bits per heavy atom. The van der Waals surface area contributed by atoms with Crippen molar-refractivity contribution in [3.8, 4) is 0 Å². The van der Waals surface area contributed by atoms with Gasteiger partial charge in [0.15, 0.2) is 0 Å². The van der Waals surface area contributed by atoms with Crippen LogP contribution in [0.4, 0.5) is 4.39 Å². The molecule has 0 radical (unpaired) electrons. The van der Waals surface area contributed by atoms with Crippen LogP contribution in [-0.2, 0) is 16.1 Å². The number of nitrogens with one attached hydrogen (secondary N) is 1. The van der Waals surface area contributed by atoms with Crippen molar-refractivity contribution >= 4 is 11.9 Å². The molecule has 0 aliphatic carbocycles. The average molecular weight is 280 g/mol. The maximum absolute atomic E-state index is 13.7. The fourth-order valence-electron chi connectivity index (χ4n) is 2.26. The monoisotopic (exact) mass is 280 g/mol. The number of hydrogen-bond acceptors (Lipinski definition) is 4. The average Bonchev–Trinajstić information content (AvgIpc) is 2.41. The van der Waals surface area contributed by atoms with E-state index in [4.69, 9.17) is 0 Å². The molecule has 108 valence electrons. The molecule has 1 amide bonds. The van der Waals surface area contributed by atoms with Crippen molar-refractivity contribution < 1.29 is 18.7 Å². The van der Waals surface area contributed by atoms with Gasteiger partial charge >= 0.3 is 5.97 Å². The lowest BCUT2D eigenvalue weighted by Crippen LogP contribution is -2.52. The second kappa shape index (κ2) is 6.00. The lowest BCUT2D eigenvalue weighted by Gasteiger charge is -2.38. The van der Waals surface area contributed by atoms with Crippen molar-refractivity contribution in [1.82, 2.24) is 10.2 Å². The summed E-state index contributed by atoms with van der Waals surface area (Å²) < 4.78 is 18.2. The van der Waals surface area contributed by atoms with Gasteiger partial charge in [0.05, 0.1) is 18.6 Å². The van der Waals surface area contributed by atoms with E-state index in [-0.39, 0.29) is 17.4 Å². The number of nitrogens with zero attached hydrogens (tertiary/aromatic N) is 1. The smallest absolute Gasteiger partial charge is 0.340 e. The fourth-order valence-corrected chi connectivity index (χ4v) is 2.26. The Bertz CT molecular complexity index is 527. The molecule has 1 saturated heterocycles. The first-order chi connectivity index (χ1) is 9.55. The molecule has 0 atom stereocenters. The van der Waals surface area contributed by atoms with Crippen molar-refractivity contribution in [1.29, 1.82) is 0 Å². The molecule has 0 aromatic heterocycles. The molecular formula is C14H17FN2O3. The molecule has 1 fully saturated rings. The summed E-state index contributed by atoms with van der Waals surface area (Å²) >= 11 is 0. The number of carbonyl (C=O) groups is 2. The van der Waals surface area contributed by atoms with Crippen molar-refractivity contribution in [3.63, 3.8) is 0 Å². The molecule has 1 aliphatic rings. The van der Waals surface area contributed by atoms with Gasteiger partial charge in [0.1, 0.15) is 5.82 Å². The van der Waals surface area contributed by atoms with E-state index in [0.717, 1.165) is 5.56 Å². The molecule has 0 spiro atoms. The van der Waals surface area contributed by atoms with E-state index in [1.807, 2.05) is 4.90 Å². The van der Waals surface area contributed by atoms with Crippen LogP contribution in [0.15, 0.2) is 18.2 Å². The lowest BCUT2D eigenvalue weighted by molar-refractivity contribution is -0.129. The number of likely N-dealkylation sites (tertiary alicyclic amines) is 1. The van der Waals surface area contributed by atoms with E-state index in [1.165, 1.54) is 19.2 Å². The second-order valence-electron chi connectivity index (χ2n) is 4.81. The van der Waals surface area contributed by atoms with Crippen LogP contribution in [0.2, 0.25) is 0 Å². The summed E-state index contributed by atoms with van der Waals surface area (Å²) in [5.41, 5.74) is 0.702. The van der Waals surface area contributed by atoms with Crippen molar-refractivity contribution in [2.45, 2.75) is 6.54 Å². The van der Waals surface area contributed by atoms with E-state index in [9.17, 15) is 14.0 Å². The summed E-state index contributed by atoms with van der Waals surface area (Å²) in [5, 5.41) is 2.61. The Labute approximate surface area is 116 Å². The minimum atomic E-state index is -0.683. The Kier molecular flexibility index (Phi) is 4.34. The highest BCUT2D eigenvalue weighted by molar-refractivity contribution is 5.89. The summed E-state index contributed by atoms with van der Waals surface area (Å²) in [7, 11) is 2.83. The van der Waals surface area contributed by atoms with E-state index in [2.05, 4.69) is 10.1 Å². The summed E-state index contributed by atoms with van der Waals surface area (Å²) in [6.07, 6.45) is 0. The number of benzene rings is 1. The molecule has 6 heteroatoms. The van der Waals surface area contributed by atoms with E-state index < -0.39 is 11.8 Å². The lowest BCUT2D eigenvalue weighted by atomic mass is 9.98. The number of amides is 1. The maximum Gasteiger partial charge on any atom is 0.340 e. The molecule has 2 rings (SSSR count). The molecule has 0 saturated carbocycles. The van der Waals surface area contributed by atoms with Gasteiger partial charge in [-0.3, -0.25) is 9.69 Å². The predicted molar refractivity (Wildman–Crippen MR) is 70.6 cm³/mol. The van der Waals surface area contributed by atoms with Crippen molar-refractivity contribution in [3.05, 3.63) is 35.1 Å². The Hall–Kier alpha value is -1.95. The number of ether oxygens (including phenoxy) is 1. The first kappa shape index (κ1) is 14.5. The molecule has 0 bridgehead atoms.